The van der Waals surface area contributed by atoms with Crippen LogP contribution in [-0.2, 0) is 6.42 Å². The summed E-state index contributed by atoms with van der Waals surface area (Å²) in [5, 5.41) is 6.00. The average Bonchev–Trinajstić information content (AvgIpc) is 3.27. The number of hydrogen-bond acceptors (Lipinski definition) is 4. The summed E-state index contributed by atoms with van der Waals surface area (Å²) in [5.74, 6) is 0.963. The fourth-order valence-electron chi connectivity index (χ4n) is 3.49. The second kappa shape index (κ2) is 5.94. The van der Waals surface area contributed by atoms with E-state index >= 15 is 0 Å². The first-order valence-electron chi connectivity index (χ1n) is 8.11. The van der Waals surface area contributed by atoms with Crippen molar-refractivity contribution in [1.29, 1.82) is 0 Å². The minimum atomic E-state index is -0.0371. The van der Waals surface area contributed by atoms with E-state index in [0.29, 0.717) is 5.56 Å². The minimum absolute atomic E-state index is 0.0305. The quantitative estimate of drug-likeness (QED) is 0.784. The fraction of sp³-hybridized carbons (Fsp3) is 0.333. The van der Waals surface area contributed by atoms with E-state index in [1.54, 1.807) is 23.8 Å². The Morgan fingerprint density at radius 1 is 1.46 bits per heavy atom. The molecule has 1 amide bonds. The van der Waals surface area contributed by atoms with Gasteiger partial charge in [-0.25, -0.2) is 4.98 Å². The Hall–Kier alpha value is -2.34. The molecule has 3 heterocycles. The van der Waals surface area contributed by atoms with E-state index in [2.05, 4.69) is 10.3 Å². The van der Waals surface area contributed by atoms with Crippen molar-refractivity contribution in [2.24, 2.45) is 0 Å². The van der Waals surface area contributed by atoms with Gasteiger partial charge < -0.3 is 9.73 Å². The van der Waals surface area contributed by atoms with Gasteiger partial charge in [0.1, 0.15) is 5.76 Å². The van der Waals surface area contributed by atoms with E-state index in [1.165, 1.54) is 0 Å². The van der Waals surface area contributed by atoms with Gasteiger partial charge in [0.15, 0.2) is 5.13 Å². The van der Waals surface area contributed by atoms with Gasteiger partial charge in [0.2, 0.25) is 0 Å². The van der Waals surface area contributed by atoms with Gasteiger partial charge in [0.25, 0.3) is 5.91 Å². The van der Waals surface area contributed by atoms with Crippen molar-refractivity contribution in [3.63, 3.8) is 0 Å². The molecule has 0 bridgehead atoms. The molecular formula is C18H19N3O2S. The van der Waals surface area contributed by atoms with Crippen LogP contribution < -0.4 is 5.32 Å². The molecule has 4 rings (SSSR count). The number of carbonyl (C=O) groups is 1. The molecule has 1 aliphatic rings. The van der Waals surface area contributed by atoms with Gasteiger partial charge in [-0.3, -0.25) is 9.36 Å². The summed E-state index contributed by atoms with van der Waals surface area (Å²) in [7, 11) is 0. The number of carbonyl (C=O) groups excluding carboxylic acids is 1. The minimum Gasteiger partial charge on any atom is -0.469 e. The highest BCUT2D eigenvalue weighted by molar-refractivity contribution is 7.12. The molecule has 1 atom stereocenters. The number of nitrogens with one attached hydrogen (secondary N) is 1. The lowest BCUT2D eigenvalue weighted by Gasteiger charge is -2.22. The molecule has 5 nitrogen and oxygen atoms in total. The smallest absolute Gasteiger partial charge is 0.253 e. The molecule has 124 valence electrons. The maximum Gasteiger partial charge on any atom is 0.253 e. The largest absolute Gasteiger partial charge is 0.469 e. The Morgan fingerprint density at radius 2 is 2.33 bits per heavy atom. The zero-order valence-electron chi connectivity index (χ0n) is 13.7. The second-order valence-corrected chi connectivity index (χ2v) is 7.03. The lowest BCUT2D eigenvalue weighted by atomic mass is 9.93. The Bertz CT molecular complexity index is 876. The van der Waals surface area contributed by atoms with E-state index in [9.17, 15) is 4.79 Å². The van der Waals surface area contributed by atoms with Crippen LogP contribution in [0.2, 0.25) is 0 Å². The summed E-state index contributed by atoms with van der Waals surface area (Å²) >= 11 is 1.56. The number of aromatic nitrogens is 2. The summed E-state index contributed by atoms with van der Waals surface area (Å²) in [6.07, 6.45) is 6.42. The number of thiazole rings is 1. The van der Waals surface area contributed by atoms with Gasteiger partial charge in [0.05, 0.1) is 17.9 Å². The van der Waals surface area contributed by atoms with Crippen molar-refractivity contribution in [2.45, 2.75) is 39.2 Å². The third kappa shape index (κ3) is 2.47. The van der Waals surface area contributed by atoms with Crippen LogP contribution in [-0.4, -0.2) is 15.5 Å². The molecule has 0 aliphatic heterocycles. The van der Waals surface area contributed by atoms with Crippen molar-refractivity contribution >= 4 is 17.2 Å². The van der Waals surface area contributed by atoms with Crippen LogP contribution in [0.15, 0.2) is 34.4 Å². The molecule has 6 heteroatoms. The lowest BCUT2D eigenvalue weighted by molar-refractivity contribution is 0.0931. The second-order valence-electron chi connectivity index (χ2n) is 6.15. The highest BCUT2D eigenvalue weighted by Crippen LogP contribution is 2.31. The monoisotopic (exact) mass is 341 g/mol. The summed E-state index contributed by atoms with van der Waals surface area (Å²) < 4.78 is 7.54. The van der Waals surface area contributed by atoms with E-state index in [4.69, 9.17) is 4.42 Å². The zero-order chi connectivity index (χ0) is 16.7. The molecule has 0 saturated carbocycles. The Morgan fingerprint density at radius 3 is 3.12 bits per heavy atom. The molecule has 0 saturated heterocycles. The predicted octanol–water partition coefficient (Wildman–Crippen LogP) is 3.95. The summed E-state index contributed by atoms with van der Waals surface area (Å²) in [4.78, 5) is 17.2. The summed E-state index contributed by atoms with van der Waals surface area (Å²) in [6.45, 7) is 3.97. The fourth-order valence-corrected chi connectivity index (χ4v) is 4.24. The number of aryl methyl sites for hydroxylation is 2. The molecule has 0 radical (unpaired) electrons. The normalized spacial score (nSPS) is 16.8. The average molecular weight is 341 g/mol. The summed E-state index contributed by atoms with van der Waals surface area (Å²) in [5.41, 5.74) is 3.75. The van der Waals surface area contributed by atoms with Gasteiger partial charge in [-0.1, -0.05) is 0 Å². The van der Waals surface area contributed by atoms with Crippen LogP contribution in [0.1, 0.15) is 52.0 Å². The SMILES string of the molecule is Cc1cc(C(=O)NC2CCCc3occc32)c(C)n1-c1nccs1. The number of hydrogen-bond donors (Lipinski definition) is 1. The molecule has 1 aliphatic carbocycles. The molecular weight excluding hydrogens is 322 g/mol. The highest BCUT2D eigenvalue weighted by Gasteiger charge is 2.26. The molecule has 3 aromatic heterocycles. The van der Waals surface area contributed by atoms with Gasteiger partial charge in [-0.2, -0.15) is 0 Å². The number of fused-ring (bicyclic) bond motifs is 1. The van der Waals surface area contributed by atoms with E-state index in [1.807, 2.05) is 35.9 Å². The van der Waals surface area contributed by atoms with E-state index < -0.39 is 0 Å². The van der Waals surface area contributed by atoms with E-state index in [0.717, 1.165) is 47.1 Å². The van der Waals surface area contributed by atoms with Crippen molar-refractivity contribution in [2.75, 3.05) is 0 Å². The molecule has 0 aromatic carbocycles. The zero-order valence-corrected chi connectivity index (χ0v) is 14.5. The Kier molecular flexibility index (Phi) is 3.76. The van der Waals surface area contributed by atoms with Crippen LogP contribution in [0.5, 0.6) is 0 Å². The van der Waals surface area contributed by atoms with Gasteiger partial charge in [-0.15, -0.1) is 11.3 Å². The first kappa shape index (κ1) is 15.2. The van der Waals surface area contributed by atoms with Gasteiger partial charge >= 0.3 is 0 Å². The van der Waals surface area contributed by atoms with Crippen LogP contribution in [0.4, 0.5) is 0 Å². The topological polar surface area (TPSA) is 60.1 Å². The molecule has 3 aromatic rings. The van der Waals surface area contributed by atoms with Crippen LogP contribution >= 0.6 is 11.3 Å². The summed E-state index contributed by atoms with van der Waals surface area (Å²) in [6, 6.07) is 3.94. The number of rotatable bonds is 3. The molecule has 1 N–H and O–H groups in total. The third-order valence-corrected chi connectivity index (χ3v) is 5.40. The molecule has 24 heavy (non-hydrogen) atoms. The van der Waals surface area contributed by atoms with Crippen molar-refractivity contribution in [3.8, 4) is 5.13 Å². The van der Waals surface area contributed by atoms with Crippen LogP contribution in [0, 0.1) is 13.8 Å². The lowest BCUT2D eigenvalue weighted by Crippen LogP contribution is -2.30. The molecule has 1 unspecified atom stereocenters. The highest BCUT2D eigenvalue weighted by atomic mass is 32.1. The molecule has 0 fully saturated rings. The van der Waals surface area contributed by atoms with Gasteiger partial charge in [0, 0.05) is 34.9 Å². The number of amides is 1. The van der Waals surface area contributed by atoms with Crippen molar-refractivity contribution in [1.82, 2.24) is 14.9 Å². The molecule has 0 spiro atoms. The predicted molar refractivity (Wildman–Crippen MR) is 92.8 cm³/mol. The van der Waals surface area contributed by atoms with E-state index in [-0.39, 0.29) is 11.9 Å². The number of nitrogens with zero attached hydrogens (tertiary/aromatic N) is 2. The maximum absolute atomic E-state index is 12.8. The maximum atomic E-state index is 12.8. The first-order chi connectivity index (χ1) is 11.6. The van der Waals surface area contributed by atoms with Crippen molar-refractivity contribution < 1.29 is 9.21 Å². The number of furan rings is 1. The third-order valence-electron chi connectivity index (χ3n) is 4.64. The van der Waals surface area contributed by atoms with Gasteiger partial charge in [-0.05, 0) is 38.8 Å². The Balaban J connectivity index is 1.62. The van der Waals surface area contributed by atoms with Crippen molar-refractivity contribution in [3.05, 3.63) is 58.2 Å². The first-order valence-corrected chi connectivity index (χ1v) is 8.99. The standard InChI is InChI=1S/C18H19N3O2S/c1-11-10-14(12(2)21(11)18-19-7-9-24-18)17(22)20-15-4-3-5-16-13(15)6-8-23-16/h6-10,15H,3-5H2,1-2H3,(H,20,22). The Labute approximate surface area is 144 Å². The van der Waals surface area contributed by atoms with Crippen LogP contribution in [0.25, 0.3) is 5.13 Å². The van der Waals surface area contributed by atoms with Crippen LogP contribution in [0.3, 0.4) is 0 Å².